The largest absolute Gasteiger partial charge is 0.394 e. The van der Waals surface area contributed by atoms with Crippen LogP contribution in [0.2, 0.25) is 10.0 Å². The lowest BCUT2D eigenvalue weighted by atomic mass is 9.90. The van der Waals surface area contributed by atoms with Gasteiger partial charge in [0.25, 0.3) is 10.0 Å². The number of thioether (sulfide) groups is 1. The van der Waals surface area contributed by atoms with Crippen LogP contribution < -0.4 is 16.2 Å². The molecule has 1 unspecified atom stereocenters. The van der Waals surface area contributed by atoms with Crippen LogP contribution in [0.5, 0.6) is 0 Å². The summed E-state index contributed by atoms with van der Waals surface area (Å²) in [5, 5.41) is 0.943. The van der Waals surface area contributed by atoms with Crippen LogP contribution in [-0.4, -0.2) is 14.2 Å². The summed E-state index contributed by atoms with van der Waals surface area (Å²) in [6.45, 7) is 5.53. The molecule has 0 heterocycles. The Morgan fingerprint density at radius 3 is 2.59 bits per heavy atom. The number of hydrogen-bond acceptors (Lipinski definition) is 5. The molecule has 0 bridgehead atoms. The standard InChI is InChI=1S/C18H21Cl2N3O2S2/c1-12(21)26-9-8-18(2,22)13-4-3-5-15(10-13)23-27(24,25)17-7-6-14(19)11-16(17)20/h3-7,10-11,23H,1,8-9,21-22H2,2H3. The Bertz CT molecular complexity index is 947. The van der Waals surface area contributed by atoms with E-state index in [0.29, 0.717) is 27.9 Å². The van der Waals surface area contributed by atoms with Crippen LogP contribution in [-0.2, 0) is 15.6 Å². The molecule has 0 aliphatic rings. The highest BCUT2D eigenvalue weighted by atomic mass is 35.5. The van der Waals surface area contributed by atoms with E-state index in [1.165, 1.54) is 30.0 Å². The molecule has 0 saturated heterocycles. The van der Waals surface area contributed by atoms with Crippen molar-refractivity contribution in [2.24, 2.45) is 11.5 Å². The van der Waals surface area contributed by atoms with Crippen LogP contribution >= 0.6 is 35.0 Å². The van der Waals surface area contributed by atoms with E-state index in [1.807, 2.05) is 13.0 Å². The van der Waals surface area contributed by atoms with Crippen LogP contribution in [0.25, 0.3) is 0 Å². The van der Waals surface area contributed by atoms with E-state index in [9.17, 15) is 8.42 Å². The summed E-state index contributed by atoms with van der Waals surface area (Å²) >= 11 is 13.3. The number of nitrogens with two attached hydrogens (primary N) is 2. The van der Waals surface area contributed by atoms with Crippen LogP contribution in [0.15, 0.2) is 59.0 Å². The molecular formula is C18H21Cl2N3O2S2. The van der Waals surface area contributed by atoms with Crippen LogP contribution in [0.4, 0.5) is 5.69 Å². The Morgan fingerprint density at radius 2 is 1.96 bits per heavy atom. The minimum absolute atomic E-state index is 0.0488. The van der Waals surface area contributed by atoms with Gasteiger partial charge in [0, 0.05) is 22.0 Å². The van der Waals surface area contributed by atoms with Gasteiger partial charge in [-0.2, -0.15) is 0 Å². The lowest BCUT2D eigenvalue weighted by Crippen LogP contribution is -2.33. The van der Waals surface area contributed by atoms with Crippen LogP contribution in [0.1, 0.15) is 18.9 Å². The van der Waals surface area contributed by atoms with Crippen molar-refractivity contribution in [3.8, 4) is 0 Å². The third-order valence-electron chi connectivity index (χ3n) is 3.87. The lowest BCUT2D eigenvalue weighted by Gasteiger charge is -2.26. The summed E-state index contributed by atoms with van der Waals surface area (Å²) in [5.74, 6) is 0.707. The van der Waals surface area contributed by atoms with Gasteiger partial charge in [0.15, 0.2) is 0 Å². The average molecular weight is 446 g/mol. The molecule has 0 radical (unpaired) electrons. The van der Waals surface area contributed by atoms with Gasteiger partial charge in [-0.25, -0.2) is 8.42 Å². The molecule has 5 N–H and O–H groups in total. The summed E-state index contributed by atoms with van der Waals surface area (Å²) in [7, 11) is -3.86. The minimum atomic E-state index is -3.86. The van der Waals surface area contributed by atoms with Crippen molar-refractivity contribution >= 4 is 50.7 Å². The summed E-state index contributed by atoms with van der Waals surface area (Å²) in [4.78, 5) is -0.0488. The number of anilines is 1. The normalized spacial score (nSPS) is 13.8. The highest BCUT2D eigenvalue weighted by Crippen LogP contribution is 2.29. The summed E-state index contributed by atoms with van der Waals surface area (Å²) in [6, 6.07) is 11.2. The molecule has 0 aliphatic heterocycles. The molecule has 2 aromatic carbocycles. The second-order valence-electron chi connectivity index (χ2n) is 6.24. The highest BCUT2D eigenvalue weighted by Gasteiger charge is 2.23. The molecular weight excluding hydrogens is 425 g/mol. The maximum atomic E-state index is 12.6. The van der Waals surface area contributed by atoms with Gasteiger partial charge in [-0.3, -0.25) is 4.72 Å². The lowest BCUT2D eigenvalue weighted by molar-refractivity contribution is 0.481. The number of benzene rings is 2. The Kier molecular flexibility index (Phi) is 7.10. The van der Waals surface area contributed by atoms with E-state index < -0.39 is 15.6 Å². The number of halogens is 2. The molecule has 2 aromatic rings. The van der Waals surface area contributed by atoms with Crippen molar-refractivity contribution in [2.75, 3.05) is 10.5 Å². The fourth-order valence-corrected chi connectivity index (χ4v) is 4.99. The van der Waals surface area contributed by atoms with E-state index in [4.69, 9.17) is 34.7 Å². The molecule has 146 valence electrons. The molecule has 0 fully saturated rings. The van der Waals surface area contributed by atoms with Crippen molar-refractivity contribution in [3.63, 3.8) is 0 Å². The number of hydrogen-bond donors (Lipinski definition) is 3. The average Bonchev–Trinajstić information content (AvgIpc) is 2.53. The fourth-order valence-electron chi connectivity index (χ4n) is 2.38. The van der Waals surface area contributed by atoms with Crippen molar-refractivity contribution in [1.82, 2.24) is 0 Å². The highest BCUT2D eigenvalue weighted by molar-refractivity contribution is 8.02. The zero-order valence-corrected chi connectivity index (χ0v) is 17.9. The molecule has 0 aliphatic carbocycles. The van der Waals surface area contributed by atoms with Gasteiger partial charge < -0.3 is 11.5 Å². The second-order valence-corrected chi connectivity index (χ2v) is 9.96. The minimum Gasteiger partial charge on any atom is -0.394 e. The summed E-state index contributed by atoms with van der Waals surface area (Å²) < 4.78 is 27.8. The van der Waals surface area contributed by atoms with Gasteiger partial charge in [0.05, 0.1) is 10.1 Å². The number of sulfonamides is 1. The zero-order chi connectivity index (χ0) is 20.2. The van der Waals surface area contributed by atoms with E-state index >= 15 is 0 Å². The maximum absolute atomic E-state index is 12.6. The zero-order valence-electron chi connectivity index (χ0n) is 14.7. The monoisotopic (exact) mass is 445 g/mol. The van der Waals surface area contributed by atoms with Crippen molar-refractivity contribution in [3.05, 3.63) is 69.7 Å². The number of rotatable bonds is 8. The van der Waals surface area contributed by atoms with Gasteiger partial charge in [-0.05, 0) is 49.2 Å². The van der Waals surface area contributed by atoms with Gasteiger partial charge in [0.1, 0.15) is 4.90 Å². The van der Waals surface area contributed by atoms with Gasteiger partial charge in [-0.1, -0.05) is 41.9 Å². The van der Waals surface area contributed by atoms with E-state index in [0.717, 1.165) is 5.56 Å². The molecule has 5 nitrogen and oxygen atoms in total. The fraction of sp³-hybridized carbons (Fsp3) is 0.222. The van der Waals surface area contributed by atoms with Gasteiger partial charge in [0.2, 0.25) is 0 Å². The van der Waals surface area contributed by atoms with E-state index in [-0.39, 0.29) is 9.92 Å². The smallest absolute Gasteiger partial charge is 0.263 e. The Labute approximate surface area is 174 Å². The topological polar surface area (TPSA) is 98.2 Å². The van der Waals surface area contributed by atoms with Crippen LogP contribution in [0.3, 0.4) is 0 Å². The van der Waals surface area contributed by atoms with Gasteiger partial charge in [-0.15, -0.1) is 11.8 Å². The maximum Gasteiger partial charge on any atom is 0.263 e. The Morgan fingerprint density at radius 1 is 1.26 bits per heavy atom. The third-order valence-corrected chi connectivity index (χ3v) is 6.74. The summed E-state index contributed by atoms with van der Waals surface area (Å²) in [6.07, 6.45) is 0.646. The summed E-state index contributed by atoms with van der Waals surface area (Å²) in [5.41, 5.74) is 12.5. The van der Waals surface area contributed by atoms with E-state index in [2.05, 4.69) is 11.3 Å². The van der Waals surface area contributed by atoms with Crippen molar-refractivity contribution < 1.29 is 8.42 Å². The first kappa shape index (κ1) is 21.9. The predicted molar refractivity (Wildman–Crippen MR) is 116 cm³/mol. The SMILES string of the molecule is C=C(N)SCCC(C)(N)c1cccc(NS(=O)(=O)c2ccc(Cl)cc2Cl)c1. The molecule has 0 aromatic heterocycles. The Hall–Kier alpha value is -1.38. The molecule has 1 atom stereocenters. The van der Waals surface area contributed by atoms with E-state index in [1.54, 1.807) is 18.2 Å². The number of nitrogens with one attached hydrogen (secondary N) is 1. The molecule has 9 heteroatoms. The predicted octanol–water partition coefficient (Wildman–Crippen LogP) is 4.52. The quantitative estimate of drug-likeness (QED) is 0.554. The molecule has 0 amide bonds. The van der Waals surface area contributed by atoms with Crippen LogP contribution in [0, 0.1) is 0 Å². The van der Waals surface area contributed by atoms with Gasteiger partial charge >= 0.3 is 0 Å². The van der Waals surface area contributed by atoms with Crippen molar-refractivity contribution in [1.29, 1.82) is 0 Å². The molecule has 0 saturated carbocycles. The molecule has 0 spiro atoms. The first-order valence-electron chi connectivity index (χ1n) is 7.96. The third kappa shape index (κ3) is 6.05. The first-order valence-corrected chi connectivity index (χ1v) is 11.2. The molecule has 27 heavy (non-hydrogen) atoms. The first-order chi connectivity index (χ1) is 12.5. The Balaban J connectivity index is 2.23. The molecule has 2 rings (SSSR count). The van der Waals surface area contributed by atoms with Crippen molar-refractivity contribution in [2.45, 2.75) is 23.8 Å². The second kappa shape index (κ2) is 8.75.